The summed E-state index contributed by atoms with van der Waals surface area (Å²) in [6.45, 7) is 11.5. The van der Waals surface area contributed by atoms with Gasteiger partial charge >= 0.3 is 0 Å². The molecule has 120 valence electrons. The van der Waals surface area contributed by atoms with Crippen LogP contribution in [0.1, 0.15) is 65.7 Å². The van der Waals surface area contributed by atoms with Gasteiger partial charge in [-0.15, -0.1) is 0 Å². The van der Waals surface area contributed by atoms with Crippen LogP contribution < -0.4 is 5.32 Å². The van der Waals surface area contributed by atoms with Crippen LogP contribution in [-0.4, -0.2) is 27.9 Å². The Morgan fingerprint density at radius 1 is 1.33 bits per heavy atom. The van der Waals surface area contributed by atoms with Crippen molar-refractivity contribution >= 4 is 0 Å². The van der Waals surface area contributed by atoms with Gasteiger partial charge < -0.3 is 5.32 Å². The minimum absolute atomic E-state index is 0.387. The summed E-state index contributed by atoms with van der Waals surface area (Å²) in [5.74, 6) is 2.61. The van der Waals surface area contributed by atoms with E-state index in [1.54, 1.807) is 6.33 Å². The molecule has 2 rings (SSSR count). The van der Waals surface area contributed by atoms with E-state index in [1.807, 2.05) is 0 Å². The second-order valence-corrected chi connectivity index (χ2v) is 7.95. The molecule has 4 nitrogen and oxygen atoms in total. The van der Waals surface area contributed by atoms with E-state index in [0.717, 1.165) is 18.2 Å². The van der Waals surface area contributed by atoms with Crippen molar-refractivity contribution in [3.63, 3.8) is 0 Å². The minimum Gasteiger partial charge on any atom is -0.317 e. The lowest BCUT2D eigenvalue weighted by Gasteiger charge is -2.41. The van der Waals surface area contributed by atoms with Crippen molar-refractivity contribution < 1.29 is 0 Å². The van der Waals surface area contributed by atoms with E-state index in [4.69, 9.17) is 0 Å². The molecule has 3 unspecified atom stereocenters. The van der Waals surface area contributed by atoms with Crippen LogP contribution in [0.4, 0.5) is 0 Å². The Hall–Kier alpha value is -0.900. The van der Waals surface area contributed by atoms with Gasteiger partial charge in [-0.1, -0.05) is 20.8 Å². The fourth-order valence-electron chi connectivity index (χ4n) is 3.74. The maximum atomic E-state index is 4.51. The molecule has 1 aliphatic rings. The average Bonchev–Trinajstić information content (AvgIpc) is 2.86. The van der Waals surface area contributed by atoms with Gasteiger partial charge in [0, 0.05) is 18.5 Å². The molecular formula is C17H32N4. The lowest BCUT2D eigenvalue weighted by atomic mass is 9.67. The van der Waals surface area contributed by atoms with E-state index < -0.39 is 0 Å². The summed E-state index contributed by atoms with van der Waals surface area (Å²) < 4.78 is 2.08. The molecule has 0 aromatic carbocycles. The lowest BCUT2D eigenvalue weighted by Crippen LogP contribution is -2.42. The highest BCUT2D eigenvalue weighted by Crippen LogP contribution is 2.41. The summed E-state index contributed by atoms with van der Waals surface area (Å²) in [5.41, 5.74) is 0.405. The molecule has 1 aliphatic carbocycles. The molecule has 0 bridgehead atoms. The Labute approximate surface area is 129 Å². The third-order valence-electron chi connectivity index (χ3n) is 5.16. The zero-order valence-corrected chi connectivity index (χ0v) is 14.6. The van der Waals surface area contributed by atoms with Gasteiger partial charge in [0.05, 0.1) is 0 Å². The van der Waals surface area contributed by atoms with Crippen molar-refractivity contribution in [1.82, 2.24) is 20.1 Å². The van der Waals surface area contributed by atoms with Crippen molar-refractivity contribution in [3.05, 3.63) is 12.2 Å². The molecule has 0 aliphatic heterocycles. The minimum atomic E-state index is 0.387. The van der Waals surface area contributed by atoms with E-state index in [-0.39, 0.29) is 0 Å². The molecule has 1 fully saturated rings. The topological polar surface area (TPSA) is 42.7 Å². The quantitative estimate of drug-likeness (QED) is 0.924. The summed E-state index contributed by atoms with van der Waals surface area (Å²) in [6, 6.07) is 0.999. The third-order valence-corrected chi connectivity index (χ3v) is 5.16. The van der Waals surface area contributed by atoms with Crippen LogP contribution in [0.25, 0.3) is 0 Å². The van der Waals surface area contributed by atoms with Gasteiger partial charge in [-0.2, -0.15) is 5.10 Å². The number of hydrogen-bond donors (Lipinski definition) is 1. The monoisotopic (exact) mass is 292 g/mol. The van der Waals surface area contributed by atoms with Gasteiger partial charge in [-0.25, -0.2) is 9.67 Å². The first kappa shape index (κ1) is 16.5. The molecule has 4 heteroatoms. The predicted molar refractivity (Wildman–Crippen MR) is 87.2 cm³/mol. The molecule has 0 radical (unpaired) electrons. The van der Waals surface area contributed by atoms with Gasteiger partial charge in [0.2, 0.25) is 0 Å². The molecular weight excluding hydrogens is 260 g/mol. The number of aromatic nitrogens is 3. The number of hydrogen-bond acceptors (Lipinski definition) is 3. The zero-order chi connectivity index (χ0) is 15.6. The highest BCUT2D eigenvalue weighted by molar-refractivity contribution is 4.96. The summed E-state index contributed by atoms with van der Waals surface area (Å²) in [7, 11) is 2.10. The Morgan fingerprint density at radius 3 is 2.62 bits per heavy atom. The van der Waals surface area contributed by atoms with Crippen LogP contribution in [0.2, 0.25) is 0 Å². The lowest BCUT2D eigenvalue weighted by molar-refractivity contribution is 0.115. The summed E-state index contributed by atoms with van der Waals surface area (Å²) in [6.07, 6.45) is 6.64. The number of nitrogens with zero attached hydrogens (tertiary/aromatic N) is 3. The fraction of sp³-hybridized carbons (Fsp3) is 0.882. The largest absolute Gasteiger partial charge is 0.317 e. The summed E-state index contributed by atoms with van der Waals surface area (Å²) in [4.78, 5) is 4.51. The molecule has 1 heterocycles. The van der Waals surface area contributed by atoms with Gasteiger partial charge in [-0.05, 0) is 57.4 Å². The Bertz CT molecular complexity index is 444. The SMILES string of the molecule is CNC1CCC(C(C)(C)C)CC1Cc1ncnn1C(C)C. The van der Waals surface area contributed by atoms with Crippen LogP contribution >= 0.6 is 0 Å². The van der Waals surface area contributed by atoms with Crippen LogP contribution in [-0.2, 0) is 6.42 Å². The van der Waals surface area contributed by atoms with Crippen molar-refractivity contribution in [1.29, 1.82) is 0 Å². The van der Waals surface area contributed by atoms with Gasteiger partial charge in [-0.3, -0.25) is 0 Å². The Kier molecular flexibility index (Phi) is 5.07. The Morgan fingerprint density at radius 2 is 2.05 bits per heavy atom. The molecule has 3 atom stereocenters. The molecule has 0 spiro atoms. The summed E-state index contributed by atoms with van der Waals surface area (Å²) >= 11 is 0. The van der Waals surface area contributed by atoms with E-state index in [0.29, 0.717) is 23.4 Å². The predicted octanol–water partition coefficient (Wildman–Crippen LogP) is 3.45. The van der Waals surface area contributed by atoms with E-state index in [1.165, 1.54) is 19.3 Å². The van der Waals surface area contributed by atoms with Gasteiger partial charge in [0.1, 0.15) is 12.2 Å². The Balaban J connectivity index is 2.12. The van der Waals surface area contributed by atoms with E-state index in [9.17, 15) is 0 Å². The van der Waals surface area contributed by atoms with Gasteiger partial charge in [0.15, 0.2) is 0 Å². The number of nitrogens with one attached hydrogen (secondary N) is 1. The first-order valence-electron chi connectivity index (χ1n) is 8.38. The van der Waals surface area contributed by atoms with Crippen molar-refractivity contribution in [2.24, 2.45) is 17.3 Å². The van der Waals surface area contributed by atoms with E-state index in [2.05, 4.69) is 61.7 Å². The average molecular weight is 292 g/mol. The third kappa shape index (κ3) is 3.85. The highest BCUT2D eigenvalue weighted by Gasteiger charge is 2.35. The number of rotatable bonds is 4. The van der Waals surface area contributed by atoms with Gasteiger partial charge in [0.25, 0.3) is 0 Å². The first-order chi connectivity index (χ1) is 9.82. The van der Waals surface area contributed by atoms with Crippen molar-refractivity contribution in [2.75, 3.05) is 7.05 Å². The maximum absolute atomic E-state index is 4.51. The van der Waals surface area contributed by atoms with E-state index >= 15 is 0 Å². The maximum Gasteiger partial charge on any atom is 0.138 e. The first-order valence-corrected chi connectivity index (χ1v) is 8.38. The van der Waals surface area contributed by atoms with Crippen LogP contribution in [0.5, 0.6) is 0 Å². The zero-order valence-electron chi connectivity index (χ0n) is 14.6. The molecule has 21 heavy (non-hydrogen) atoms. The normalized spacial score (nSPS) is 27.3. The second-order valence-electron chi connectivity index (χ2n) is 7.95. The smallest absolute Gasteiger partial charge is 0.138 e. The van der Waals surface area contributed by atoms with Crippen molar-refractivity contribution in [3.8, 4) is 0 Å². The molecule has 0 saturated heterocycles. The second kappa shape index (κ2) is 6.47. The van der Waals surface area contributed by atoms with Crippen molar-refractivity contribution in [2.45, 2.75) is 72.4 Å². The summed E-state index contributed by atoms with van der Waals surface area (Å²) in [5, 5.41) is 7.91. The van der Waals surface area contributed by atoms with Crippen LogP contribution in [0.3, 0.4) is 0 Å². The molecule has 1 aromatic heterocycles. The molecule has 0 amide bonds. The molecule has 1 N–H and O–H groups in total. The standard InChI is InChI=1S/C17H32N4/c1-12(2)21-16(19-11-20-21)10-13-9-14(17(3,4)5)7-8-15(13)18-6/h11-15,18H,7-10H2,1-6H3. The molecule has 1 aromatic rings. The fourth-order valence-corrected chi connectivity index (χ4v) is 3.74. The van der Waals surface area contributed by atoms with Crippen LogP contribution in [0, 0.1) is 17.3 Å². The molecule has 1 saturated carbocycles. The van der Waals surface area contributed by atoms with Crippen LogP contribution in [0.15, 0.2) is 6.33 Å². The highest BCUT2D eigenvalue weighted by atomic mass is 15.3.